The monoisotopic (exact) mass is 251 g/mol. The van der Waals surface area contributed by atoms with E-state index in [1.165, 1.54) is 0 Å². The number of hydrogen-bond donors (Lipinski definition) is 0. The number of sulfone groups is 1. The molecular formula is C13H17NO2S. The molecule has 0 aromatic heterocycles. The minimum atomic E-state index is -3.20. The summed E-state index contributed by atoms with van der Waals surface area (Å²) in [6, 6.07) is 7.38. The van der Waals surface area contributed by atoms with E-state index in [1.807, 2.05) is 32.0 Å². The summed E-state index contributed by atoms with van der Waals surface area (Å²) in [5, 5.41) is 8.39. The Kier molecular flexibility index (Phi) is 4.71. The van der Waals surface area contributed by atoms with E-state index in [-0.39, 0.29) is 5.75 Å². The molecule has 0 N–H and O–H groups in total. The molecule has 0 aliphatic carbocycles. The van der Waals surface area contributed by atoms with Crippen LogP contribution in [-0.2, 0) is 9.84 Å². The molecule has 1 aromatic carbocycles. The van der Waals surface area contributed by atoms with Crippen LogP contribution in [-0.4, -0.2) is 14.2 Å². The number of aryl methyl sites for hydroxylation is 2. The van der Waals surface area contributed by atoms with Gasteiger partial charge in [0.1, 0.15) is 0 Å². The molecule has 0 amide bonds. The minimum absolute atomic E-state index is 0.124. The number of hydrogen-bond acceptors (Lipinski definition) is 3. The number of benzene rings is 1. The van der Waals surface area contributed by atoms with Gasteiger partial charge in [0.2, 0.25) is 0 Å². The molecule has 0 atom stereocenters. The van der Waals surface area contributed by atoms with Crippen molar-refractivity contribution < 1.29 is 8.42 Å². The lowest BCUT2D eigenvalue weighted by Crippen LogP contribution is -2.08. The summed E-state index contributed by atoms with van der Waals surface area (Å²) in [6.07, 6.45) is 1.60. The molecule has 1 rings (SSSR count). The van der Waals surface area contributed by atoms with E-state index in [0.29, 0.717) is 24.2 Å². The first kappa shape index (κ1) is 13.7. The molecule has 1 aromatic rings. The van der Waals surface area contributed by atoms with Gasteiger partial charge in [-0.1, -0.05) is 17.7 Å². The summed E-state index contributed by atoms with van der Waals surface area (Å²) < 4.78 is 24.1. The van der Waals surface area contributed by atoms with Crippen LogP contribution in [0.25, 0.3) is 0 Å². The molecule has 0 saturated carbocycles. The zero-order chi connectivity index (χ0) is 12.9. The standard InChI is InChI=1S/C13H17NO2S/c1-11-6-7-13(12(2)10-11)17(15,16)9-5-3-4-8-14/h6-7,10H,3-5,9H2,1-2H3. The number of rotatable bonds is 5. The fourth-order valence-electron chi connectivity index (χ4n) is 1.75. The Labute approximate surface area is 103 Å². The van der Waals surface area contributed by atoms with Crippen LogP contribution in [0.2, 0.25) is 0 Å². The average Bonchev–Trinajstić information content (AvgIpc) is 2.24. The molecule has 0 bridgehead atoms. The normalized spacial score (nSPS) is 11.1. The zero-order valence-electron chi connectivity index (χ0n) is 10.2. The Morgan fingerprint density at radius 3 is 2.53 bits per heavy atom. The second-order valence-electron chi connectivity index (χ2n) is 4.20. The highest BCUT2D eigenvalue weighted by Gasteiger charge is 2.16. The van der Waals surface area contributed by atoms with Gasteiger partial charge in [-0.25, -0.2) is 8.42 Å². The van der Waals surface area contributed by atoms with Crippen molar-refractivity contribution in [1.82, 2.24) is 0 Å². The van der Waals surface area contributed by atoms with Crippen LogP contribution < -0.4 is 0 Å². The first-order chi connectivity index (χ1) is 7.97. The van der Waals surface area contributed by atoms with Crippen LogP contribution in [0, 0.1) is 25.2 Å². The van der Waals surface area contributed by atoms with E-state index < -0.39 is 9.84 Å². The van der Waals surface area contributed by atoms with Gasteiger partial charge >= 0.3 is 0 Å². The summed E-state index contributed by atoms with van der Waals surface area (Å²) in [6.45, 7) is 3.76. The van der Waals surface area contributed by atoms with Gasteiger partial charge in [-0.3, -0.25) is 0 Å². The van der Waals surface area contributed by atoms with Gasteiger partial charge < -0.3 is 0 Å². The molecule has 17 heavy (non-hydrogen) atoms. The first-order valence-electron chi connectivity index (χ1n) is 5.64. The maximum absolute atomic E-state index is 12.0. The Morgan fingerprint density at radius 1 is 1.24 bits per heavy atom. The molecule has 4 heteroatoms. The fourth-order valence-corrected chi connectivity index (χ4v) is 3.38. The second kappa shape index (κ2) is 5.83. The van der Waals surface area contributed by atoms with Gasteiger partial charge in [0.25, 0.3) is 0 Å². The van der Waals surface area contributed by atoms with E-state index in [2.05, 4.69) is 0 Å². The molecule has 0 radical (unpaired) electrons. The molecule has 0 spiro atoms. The zero-order valence-corrected chi connectivity index (χ0v) is 11.0. The van der Waals surface area contributed by atoms with Crippen LogP contribution in [0.3, 0.4) is 0 Å². The van der Waals surface area contributed by atoms with Crippen molar-refractivity contribution in [2.75, 3.05) is 5.75 Å². The molecule has 0 aliphatic heterocycles. The van der Waals surface area contributed by atoms with Crippen LogP contribution in [0.5, 0.6) is 0 Å². The highest BCUT2D eigenvalue weighted by atomic mass is 32.2. The van der Waals surface area contributed by atoms with Crippen LogP contribution in [0.4, 0.5) is 0 Å². The smallest absolute Gasteiger partial charge is 0.178 e. The predicted molar refractivity (Wildman–Crippen MR) is 67.4 cm³/mol. The molecule has 92 valence electrons. The van der Waals surface area contributed by atoms with E-state index in [9.17, 15) is 8.42 Å². The van der Waals surface area contributed by atoms with Crippen molar-refractivity contribution in [3.63, 3.8) is 0 Å². The Hall–Kier alpha value is -1.34. The van der Waals surface area contributed by atoms with Gasteiger partial charge in [0, 0.05) is 6.42 Å². The summed E-state index contributed by atoms with van der Waals surface area (Å²) in [5.74, 6) is 0.124. The molecular weight excluding hydrogens is 234 g/mol. The van der Waals surface area contributed by atoms with Crippen molar-refractivity contribution in [2.24, 2.45) is 0 Å². The number of nitriles is 1. The Morgan fingerprint density at radius 2 is 1.94 bits per heavy atom. The summed E-state index contributed by atoms with van der Waals surface area (Å²) in [4.78, 5) is 0.417. The lowest BCUT2D eigenvalue weighted by Gasteiger charge is -2.07. The van der Waals surface area contributed by atoms with Crippen LogP contribution in [0.1, 0.15) is 30.4 Å². The topological polar surface area (TPSA) is 57.9 Å². The van der Waals surface area contributed by atoms with E-state index in [4.69, 9.17) is 5.26 Å². The Bertz CT molecular complexity index is 527. The summed E-state index contributed by atoms with van der Waals surface area (Å²) in [7, 11) is -3.20. The third kappa shape index (κ3) is 3.86. The largest absolute Gasteiger partial charge is 0.224 e. The van der Waals surface area contributed by atoms with Crippen molar-refractivity contribution in [2.45, 2.75) is 38.0 Å². The highest BCUT2D eigenvalue weighted by molar-refractivity contribution is 7.91. The van der Waals surface area contributed by atoms with Gasteiger partial charge in [-0.05, 0) is 38.3 Å². The third-order valence-electron chi connectivity index (χ3n) is 2.62. The first-order valence-corrected chi connectivity index (χ1v) is 7.29. The summed E-state index contributed by atoms with van der Waals surface area (Å²) in [5.41, 5.74) is 1.86. The van der Waals surface area contributed by atoms with Crippen molar-refractivity contribution in [3.8, 4) is 6.07 Å². The fraction of sp³-hybridized carbons (Fsp3) is 0.462. The van der Waals surface area contributed by atoms with E-state index in [1.54, 1.807) is 6.07 Å². The second-order valence-corrected chi connectivity index (χ2v) is 6.28. The van der Waals surface area contributed by atoms with Crippen molar-refractivity contribution >= 4 is 9.84 Å². The SMILES string of the molecule is Cc1ccc(S(=O)(=O)CCCCC#N)c(C)c1. The maximum Gasteiger partial charge on any atom is 0.178 e. The maximum atomic E-state index is 12.0. The molecule has 0 unspecified atom stereocenters. The van der Waals surface area contributed by atoms with Gasteiger partial charge in [0.05, 0.1) is 16.7 Å². The summed E-state index contributed by atoms with van der Waals surface area (Å²) >= 11 is 0. The molecule has 3 nitrogen and oxygen atoms in total. The predicted octanol–water partition coefficient (Wildman–Crippen LogP) is 2.77. The quantitative estimate of drug-likeness (QED) is 0.756. The lowest BCUT2D eigenvalue weighted by atomic mass is 10.2. The highest BCUT2D eigenvalue weighted by Crippen LogP contribution is 2.19. The van der Waals surface area contributed by atoms with E-state index >= 15 is 0 Å². The van der Waals surface area contributed by atoms with Gasteiger partial charge in [0.15, 0.2) is 9.84 Å². The molecule has 0 saturated heterocycles. The number of unbranched alkanes of at least 4 members (excludes halogenated alkanes) is 2. The van der Waals surface area contributed by atoms with Crippen molar-refractivity contribution in [1.29, 1.82) is 5.26 Å². The third-order valence-corrected chi connectivity index (χ3v) is 4.57. The lowest BCUT2D eigenvalue weighted by molar-refractivity contribution is 0.591. The molecule has 0 heterocycles. The van der Waals surface area contributed by atoms with Crippen LogP contribution >= 0.6 is 0 Å². The Balaban J connectivity index is 2.80. The molecule has 0 fully saturated rings. The van der Waals surface area contributed by atoms with Gasteiger partial charge in [-0.2, -0.15) is 5.26 Å². The van der Waals surface area contributed by atoms with Crippen LogP contribution in [0.15, 0.2) is 23.1 Å². The van der Waals surface area contributed by atoms with Gasteiger partial charge in [-0.15, -0.1) is 0 Å². The van der Waals surface area contributed by atoms with Crippen molar-refractivity contribution in [3.05, 3.63) is 29.3 Å². The average molecular weight is 251 g/mol. The molecule has 0 aliphatic rings. The van der Waals surface area contributed by atoms with E-state index in [0.717, 1.165) is 11.1 Å². The number of nitrogens with zero attached hydrogens (tertiary/aromatic N) is 1. The minimum Gasteiger partial charge on any atom is -0.224 e.